The van der Waals surface area contributed by atoms with Crippen molar-refractivity contribution in [1.29, 1.82) is 0 Å². The van der Waals surface area contributed by atoms with Crippen molar-refractivity contribution in [2.24, 2.45) is 0 Å². The molecule has 0 atom stereocenters. The fourth-order valence-corrected chi connectivity index (χ4v) is 2.29. The van der Waals surface area contributed by atoms with Gasteiger partial charge in [0.1, 0.15) is 23.5 Å². The maximum Gasteiger partial charge on any atom is 0.407 e. The quantitative estimate of drug-likeness (QED) is 0.364. The molecule has 2 rings (SSSR count). The van der Waals surface area contributed by atoms with Gasteiger partial charge in [-0.3, -0.25) is 0 Å². The molecule has 0 radical (unpaired) electrons. The summed E-state index contributed by atoms with van der Waals surface area (Å²) in [5.74, 6) is -1.08. The lowest BCUT2D eigenvalue weighted by Gasteiger charge is -2.19. The van der Waals surface area contributed by atoms with Crippen molar-refractivity contribution in [3.8, 4) is 5.75 Å². The number of carbonyl (C=O) groups excluding carboxylic acids is 3. The highest BCUT2D eigenvalue weighted by Crippen LogP contribution is 2.28. The Balaban J connectivity index is 1.52. The number of hydrogen-bond acceptors (Lipinski definition) is 8. The van der Waals surface area contributed by atoms with Crippen LogP contribution in [0.2, 0.25) is 0 Å². The summed E-state index contributed by atoms with van der Waals surface area (Å²) in [6, 6.07) is 4.73. The summed E-state index contributed by atoms with van der Waals surface area (Å²) in [4.78, 5) is 34.6. The van der Waals surface area contributed by atoms with Crippen molar-refractivity contribution >= 4 is 18.0 Å². The SMILES string of the molecule is CC(C)(C)OC(=O)NCCOCCOCCOc1cccc2c1C(=O)OC2=O. The highest BCUT2D eigenvalue weighted by Gasteiger charge is 2.32. The second-order valence-electron chi connectivity index (χ2n) is 6.86. The second kappa shape index (κ2) is 10.0. The van der Waals surface area contributed by atoms with Gasteiger partial charge in [-0.2, -0.15) is 0 Å². The smallest absolute Gasteiger partial charge is 0.407 e. The fraction of sp³-hybridized carbons (Fsp3) is 0.526. The third kappa shape index (κ3) is 6.82. The minimum atomic E-state index is -0.704. The van der Waals surface area contributed by atoms with Crippen molar-refractivity contribution < 1.29 is 38.1 Å². The van der Waals surface area contributed by atoms with Crippen LogP contribution in [-0.4, -0.2) is 63.2 Å². The maximum absolute atomic E-state index is 11.7. The Morgan fingerprint density at radius 1 is 1.00 bits per heavy atom. The van der Waals surface area contributed by atoms with Gasteiger partial charge in [0, 0.05) is 6.54 Å². The molecule has 0 bridgehead atoms. The standard InChI is InChI=1S/C19H25NO8/c1-19(2,3)28-18(23)20-7-8-24-9-10-25-11-12-26-14-6-4-5-13-15(14)17(22)27-16(13)21/h4-6H,7-12H2,1-3H3,(H,20,23). The van der Waals surface area contributed by atoms with E-state index in [1.54, 1.807) is 32.9 Å². The van der Waals surface area contributed by atoms with E-state index in [-0.39, 0.29) is 24.3 Å². The zero-order valence-corrected chi connectivity index (χ0v) is 16.2. The number of ether oxygens (including phenoxy) is 5. The van der Waals surface area contributed by atoms with Crippen molar-refractivity contribution in [2.45, 2.75) is 26.4 Å². The summed E-state index contributed by atoms with van der Waals surface area (Å²) in [6.07, 6.45) is -0.484. The van der Waals surface area contributed by atoms with Gasteiger partial charge in [-0.1, -0.05) is 6.07 Å². The van der Waals surface area contributed by atoms with Crippen LogP contribution in [0.3, 0.4) is 0 Å². The molecule has 0 aliphatic carbocycles. The predicted molar refractivity (Wildman–Crippen MR) is 97.6 cm³/mol. The van der Waals surface area contributed by atoms with E-state index in [9.17, 15) is 14.4 Å². The number of fused-ring (bicyclic) bond motifs is 1. The minimum Gasteiger partial charge on any atom is -0.490 e. The normalized spacial score (nSPS) is 13.1. The summed E-state index contributed by atoms with van der Waals surface area (Å²) >= 11 is 0. The Morgan fingerprint density at radius 2 is 1.68 bits per heavy atom. The van der Waals surface area contributed by atoms with Gasteiger partial charge < -0.3 is 29.0 Å². The average Bonchev–Trinajstić information content (AvgIpc) is 2.90. The molecule has 1 aliphatic rings. The lowest BCUT2D eigenvalue weighted by Crippen LogP contribution is -2.34. The van der Waals surface area contributed by atoms with Gasteiger partial charge in [-0.15, -0.1) is 0 Å². The number of amides is 1. The first kappa shape index (κ1) is 21.6. The molecular weight excluding hydrogens is 370 g/mol. The molecule has 1 N–H and O–H groups in total. The van der Waals surface area contributed by atoms with E-state index in [1.165, 1.54) is 6.07 Å². The molecule has 1 aromatic carbocycles. The maximum atomic E-state index is 11.7. The van der Waals surface area contributed by atoms with E-state index in [0.717, 1.165) is 0 Å². The number of nitrogens with one attached hydrogen (secondary N) is 1. The van der Waals surface area contributed by atoms with Gasteiger partial charge in [0.25, 0.3) is 0 Å². The lowest BCUT2D eigenvalue weighted by atomic mass is 10.1. The van der Waals surface area contributed by atoms with Crippen LogP contribution >= 0.6 is 0 Å². The first-order valence-corrected chi connectivity index (χ1v) is 8.92. The Morgan fingerprint density at radius 3 is 2.39 bits per heavy atom. The summed E-state index contributed by atoms with van der Waals surface area (Å²) in [6.45, 7) is 7.25. The molecule has 0 fully saturated rings. The molecule has 1 aliphatic heterocycles. The van der Waals surface area contributed by atoms with Crippen LogP contribution < -0.4 is 10.1 Å². The Labute approximate surface area is 163 Å². The van der Waals surface area contributed by atoms with Crippen LogP contribution in [0, 0.1) is 0 Å². The van der Waals surface area contributed by atoms with Gasteiger partial charge in [0.05, 0.1) is 32.0 Å². The van der Waals surface area contributed by atoms with Crippen LogP contribution in [-0.2, 0) is 18.9 Å². The third-order valence-corrected chi connectivity index (χ3v) is 3.41. The average molecular weight is 395 g/mol. The topological polar surface area (TPSA) is 109 Å². The fourth-order valence-electron chi connectivity index (χ4n) is 2.29. The van der Waals surface area contributed by atoms with Crippen molar-refractivity contribution in [3.05, 3.63) is 29.3 Å². The molecule has 0 aromatic heterocycles. The molecule has 1 heterocycles. The van der Waals surface area contributed by atoms with E-state index in [2.05, 4.69) is 10.1 Å². The first-order valence-electron chi connectivity index (χ1n) is 8.92. The predicted octanol–water partition coefficient (Wildman–Crippen LogP) is 1.93. The zero-order valence-electron chi connectivity index (χ0n) is 16.2. The molecule has 28 heavy (non-hydrogen) atoms. The van der Waals surface area contributed by atoms with Crippen molar-refractivity contribution in [2.75, 3.05) is 39.6 Å². The third-order valence-electron chi connectivity index (χ3n) is 3.41. The Hall–Kier alpha value is -2.65. The molecule has 0 unspecified atom stereocenters. The molecule has 154 valence electrons. The van der Waals surface area contributed by atoms with Crippen LogP contribution in [0.5, 0.6) is 5.75 Å². The van der Waals surface area contributed by atoms with E-state index >= 15 is 0 Å². The van der Waals surface area contributed by atoms with Crippen LogP contribution in [0.15, 0.2) is 18.2 Å². The van der Waals surface area contributed by atoms with E-state index < -0.39 is 23.6 Å². The summed E-state index contributed by atoms with van der Waals surface area (Å²) in [5, 5.41) is 2.59. The molecule has 9 nitrogen and oxygen atoms in total. The number of hydrogen-bond donors (Lipinski definition) is 1. The number of esters is 2. The van der Waals surface area contributed by atoms with E-state index in [0.29, 0.717) is 32.1 Å². The number of cyclic esters (lactones) is 2. The summed E-state index contributed by atoms with van der Waals surface area (Å²) < 4.78 is 25.9. The molecule has 9 heteroatoms. The van der Waals surface area contributed by atoms with Gasteiger partial charge in [0.2, 0.25) is 0 Å². The van der Waals surface area contributed by atoms with E-state index in [4.69, 9.17) is 18.9 Å². The van der Waals surface area contributed by atoms with Gasteiger partial charge in [-0.25, -0.2) is 14.4 Å². The molecular formula is C19H25NO8. The zero-order chi connectivity index (χ0) is 20.6. The molecule has 1 amide bonds. The van der Waals surface area contributed by atoms with Gasteiger partial charge in [-0.05, 0) is 32.9 Å². The van der Waals surface area contributed by atoms with Crippen molar-refractivity contribution in [1.82, 2.24) is 5.32 Å². The highest BCUT2D eigenvalue weighted by molar-refractivity contribution is 6.16. The largest absolute Gasteiger partial charge is 0.490 e. The highest BCUT2D eigenvalue weighted by atomic mass is 16.6. The Bertz CT molecular complexity index is 710. The second-order valence-corrected chi connectivity index (χ2v) is 6.86. The lowest BCUT2D eigenvalue weighted by molar-refractivity contribution is 0.0323. The number of rotatable bonds is 10. The van der Waals surface area contributed by atoms with Gasteiger partial charge in [0.15, 0.2) is 0 Å². The van der Waals surface area contributed by atoms with E-state index in [1.807, 2.05) is 0 Å². The minimum absolute atomic E-state index is 0.147. The van der Waals surface area contributed by atoms with Crippen molar-refractivity contribution in [3.63, 3.8) is 0 Å². The summed E-state index contributed by atoms with van der Waals surface area (Å²) in [7, 11) is 0. The molecule has 1 aromatic rings. The number of alkyl carbamates (subject to hydrolysis) is 1. The monoisotopic (exact) mass is 395 g/mol. The number of carbonyl (C=O) groups is 3. The number of benzene rings is 1. The van der Waals surface area contributed by atoms with Gasteiger partial charge >= 0.3 is 18.0 Å². The van der Waals surface area contributed by atoms with Crippen LogP contribution in [0.25, 0.3) is 0 Å². The summed E-state index contributed by atoms with van der Waals surface area (Å²) in [5.41, 5.74) is -0.179. The first-order chi connectivity index (χ1) is 13.3. The Kier molecular flexibility index (Phi) is 7.77. The van der Waals surface area contributed by atoms with Crippen LogP contribution in [0.4, 0.5) is 4.79 Å². The molecule has 0 spiro atoms. The molecule has 0 saturated heterocycles. The van der Waals surface area contributed by atoms with Crippen LogP contribution in [0.1, 0.15) is 41.5 Å². The molecule has 0 saturated carbocycles.